The summed E-state index contributed by atoms with van der Waals surface area (Å²) in [6, 6.07) is 8.41. The van der Waals surface area contributed by atoms with E-state index in [9.17, 15) is 0 Å². The Bertz CT molecular complexity index is 498. The molecule has 3 aliphatic rings. The van der Waals surface area contributed by atoms with Crippen LogP contribution in [0.25, 0.3) is 0 Å². The van der Waals surface area contributed by atoms with Gasteiger partial charge >= 0.3 is 0 Å². The topological polar surface area (TPSA) is 66.6 Å². The molecule has 3 unspecified atom stereocenters. The van der Waals surface area contributed by atoms with Crippen molar-refractivity contribution in [3.63, 3.8) is 0 Å². The minimum Gasteiger partial charge on any atom is -0.378 e. The fourth-order valence-electron chi connectivity index (χ4n) is 3.45. The first kappa shape index (κ1) is 13.5. The van der Waals surface area contributed by atoms with Crippen LogP contribution in [-0.4, -0.2) is 50.8 Å². The van der Waals surface area contributed by atoms with Crippen LogP contribution in [0.15, 0.2) is 24.3 Å². The summed E-state index contributed by atoms with van der Waals surface area (Å²) in [6.07, 6.45) is 0.0105. The van der Waals surface area contributed by atoms with E-state index in [4.69, 9.17) is 9.47 Å². The zero-order valence-electron chi connectivity index (χ0n) is 12.0. The molecule has 4 rings (SSSR count). The van der Waals surface area contributed by atoms with Gasteiger partial charge in [0.15, 0.2) is 0 Å². The van der Waals surface area contributed by atoms with E-state index in [1.54, 1.807) is 0 Å². The Balaban J connectivity index is 1.62. The second-order valence-electron chi connectivity index (χ2n) is 5.84. The number of benzene rings is 1. The van der Waals surface area contributed by atoms with Gasteiger partial charge in [0, 0.05) is 25.3 Å². The second-order valence-corrected chi connectivity index (χ2v) is 5.84. The molecule has 0 aromatic heterocycles. The molecule has 0 aliphatic carbocycles. The zero-order chi connectivity index (χ0) is 14.1. The third-order valence-corrected chi connectivity index (χ3v) is 4.55. The van der Waals surface area contributed by atoms with Crippen LogP contribution < -0.4 is 21.3 Å². The van der Waals surface area contributed by atoms with Gasteiger partial charge in [-0.1, -0.05) is 18.2 Å². The number of para-hydroxylation sites is 1. The van der Waals surface area contributed by atoms with Gasteiger partial charge < -0.3 is 20.1 Å². The molecule has 6 nitrogen and oxygen atoms in total. The first-order chi connectivity index (χ1) is 10.4. The van der Waals surface area contributed by atoms with Crippen LogP contribution in [0.5, 0.6) is 0 Å². The summed E-state index contributed by atoms with van der Waals surface area (Å²) in [6.45, 7) is 4.69. The van der Waals surface area contributed by atoms with E-state index in [0.29, 0.717) is 6.61 Å². The van der Waals surface area contributed by atoms with E-state index >= 15 is 0 Å². The Morgan fingerprint density at radius 1 is 1.10 bits per heavy atom. The first-order valence-corrected chi connectivity index (χ1v) is 7.64. The van der Waals surface area contributed by atoms with Crippen molar-refractivity contribution in [3.8, 4) is 0 Å². The number of anilines is 1. The minimum atomic E-state index is -0.303. The number of ether oxygens (including phenoxy) is 2. The fraction of sp³-hybridized carbons (Fsp3) is 0.600. The molecule has 114 valence electrons. The molecule has 0 amide bonds. The Labute approximate surface area is 124 Å². The van der Waals surface area contributed by atoms with Gasteiger partial charge in [-0.2, -0.15) is 0 Å². The molecule has 0 bridgehead atoms. The van der Waals surface area contributed by atoms with E-state index in [2.05, 4.69) is 45.5 Å². The molecule has 4 N–H and O–H groups in total. The third-order valence-electron chi connectivity index (χ3n) is 4.55. The second kappa shape index (κ2) is 5.55. The molecule has 3 atom stereocenters. The van der Waals surface area contributed by atoms with Crippen molar-refractivity contribution >= 4 is 5.69 Å². The van der Waals surface area contributed by atoms with Crippen molar-refractivity contribution in [2.24, 2.45) is 0 Å². The van der Waals surface area contributed by atoms with E-state index in [1.807, 2.05) is 0 Å². The maximum absolute atomic E-state index is 5.90. The molecule has 6 heteroatoms. The SMILES string of the molecule is c1ccc2c(c1)CNC(C1(C3NCCO3)COCCN1)N2. The maximum atomic E-state index is 5.90. The lowest BCUT2D eigenvalue weighted by molar-refractivity contribution is -0.0719. The number of fused-ring (bicyclic) bond motifs is 1. The van der Waals surface area contributed by atoms with Gasteiger partial charge in [0.1, 0.15) is 17.9 Å². The van der Waals surface area contributed by atoms with Gasteiger partial charge in [-0.05, 0) is 11.6 Å². The number of morpholine rings is 1. The summed E-state index contributed by atoms with van der Waals surface area (Å²) < 4.78 is 11.7. The highest BCUT2D eigenvalue weighted by atomic mass is 16.5. The van der Waals surface area contributed by atoms with Crippen molar-refractivity contribution in [3.05, 3.63) is 29.8 Å². The van der Waals surface area contributed by atoms with Gasteiger partial charge in [0.2, 0.25) is 0 Å². The molecule has 3 heterocycles. The Kier molecular flexibility index (Phi) is 3.56. The quantitative estimate of drug-likeness (QED) is 0.607. The first-order valence-electron chi connectivity index (χ1n) is 7.64. The molecule has 0 radical (unpaired) electrons. The van der Waals surface area contributed by atoms with Crippen LogP contribution in [0.1, 0.15) is 5.56 Å². The maximum Gasteiger partial charge on any atom is 0.132 e. The summed E-state index contributed by atoms with van der Waals surface area (Å²) in [7, 11) is 0. The van der Waals surface area contributed by atoms with Crippen LogP contribution in [0.2, 0.25) is 0 Å². The van der Waals surface area contributed by atoms with Crippen LogP contribution in [0, 0.1) is 0 Å². The van der Waals surface area contributed by atoms with Gasteiger partial charge in [0.25, 0.3) is 0 Å². The number of nitrogens with one attached hydrogen (secondary N) is 4. The lowest BCUT2D eigenvalue weighted by Crippen LogP contribution is -2.75. The lowest BCUT2D eigenvalue weighted by atomic mass is 9.90. The highest BCUT2D eigenvalue weighted by Gasteiger charge is 2.50. The predicted molar refractivity (Wildman–Crippen MR) is 80.0 cm³/mol. The number of rotatable bonds is 2. The van der Waals surface area contributed by atoms with Crippen molar-refractivity contribution in [2.45, 2.75) is 24.5 Å². The van der Waals surface area contributed by atoms with Crippen molar-refractivity contribution in [1.82, 2.24) is 16.0 Å². The molecular weight excluding hydrogens is 268 g/mol. The Morgan fingerprint density at radius 2 is 2.05 bits per heavy atom. The Hall–Kier alpha value is -1.18. The third kappa shape index (κ3) is 2.33. The molecule has 3 aliphatic heterocycles. The molecule has 1 aromatic rings. The molecule has 0 spiro atoms. The number of hydrogen-bond donors (Lipinski definition) is 4. The lowest BCUT2D eigenvalue weighted by Gasteiger charge is -2.49. The van der Waals surface area contributed by atoms with Crippen molar-refractivity contribution in [1.29, 1.82) is 0 Å². The largest absolute Gasteiger partial charge is 0.378 e. The average molecular weight is 290 g/mol. The summed E-state index contributed by atoms with van der Waals surface area (Å²) in [5.41, 5.74) is 2.18. The van der Waals surface area contributed by atoms with Gasteiger partial charge in [-0.25, -0.2) is 0 Å². The smallest absolute Gasteiger partial charge is 0.132 e. The van der Waals surface area contributed by atoms with Crippen molar-refractivity contribution < 1.29 is 9.47 Å². The van der Waals surface area contributed by atoms with E-state index in [0.717, 1.165) is 32.8 Å². The summed E-state index contributed by atoms with van der Waals surface area (Å²) in [5, 5.41) is 14.3. The van der Waals surface area contributed by atoms with Crippen LogP contribution >= 0.6 is 0 Å². The molecule has 2 fully saturated rings. The van der Waals surface area contributed by atoms with Crippen LogP contribution in [0.4, 0.5) is 5.69 Å². The monoisotopic (exact) mass is 290 g/mol. The van der Waals surface area contributed by atoms with Gasteiger partial charge in [-0.3, -0.25) is 10.6 Å². The Morgan fingerprint density at radius 3 is 2.86 bits per heavy atom. The average Bonchev–Trinajstić information content (AvgIpc) is 3.10. The van der Waals surface area contributed by atoms with E-state index in [-0.39, 0.29) is 17.9 Å². The molecule has 21 heavy (non-hydrogen) atoms. The fourth-order valence-corrected chi connectivity index (χ4v) is 3.45. The summed E-state index contributed by atoms with van der Waals surface area (Å²) in [5.74, 6) is 0. The molecule has 1 aromatic carbocycles. The minimum absolute atomic E-state index is 0.0481. The molecule has 0 saturated carbocycles. The van der Waals surface area contributed by atoms with E-state index in [1.165, 1.54) is 11.3 Å². The number of hydrogen-bond acceptors (Lipinski definition) is 6. The highest BCUT2D eigenvalue weighted by molar-refractivity contribution is 5.54. The van der Waals surface area contributed by atoms with E-state index < -0.39 is 0 Å². The van der Waals surface area contributed by atoms with Gasteiger partial charge in [-0.15, -0.1) is 0 Å². The summed E-state index contributed by atoms with van der Waals surface area (Å²) >= 11 is 0. The standard InChI is InChI=1S/C15H22N4O2/c1-2-4-12-11(3-1)9-17-13(19-12)15(10-20-7-6-18-15)14-16-5-8-21-14/h1-4,13-14,16-19H,5-10H2. The zero-order valence-corrected chi connectivity index (χ0v) is 12.0. The van der Waals surface area contributed by atoms with Crippen LogP contribution in [0.3, 0.4) is 0 Å². The normalized spacial score (nSPS) is 36.0. The van der Waals surface area contributed by atoms with Crippen molar-refractivity contribution in [2.75, 3.05) is 38.2 Å². The highest BCUT2D eigenvalue weighted by Crippen LogP contribution is 2.28. The van der Waals surface area contributed by atoms with Gasteiger partial charge in [0.05, 0.1) is 19.8 Å². The summed E-state index contributed by atoms with van der Waals surface area (Å²) in [4.78, 5) is 0. The predicted octanol–water partition coefficient (Wildman–Crippen LogP) is -0.168. The van der Waals surface area contributed by atoms with Crippen LogP contribution in [-0.2, 0) is 16.0 Å². The molecular formula is C15H22N4O2. The molecule has 2 saturated heterocycles.